The third-order valence-corrected chi connectivity index (χ3v) is 2.34. The highest BCUT2D eigenvalue weighted by molar-refractivity contribution is 6.00. The summed E-state index contributed by atoms with van der Waals surface area (Å²) in [6.07, 6.45) is -0.834. The lowest BCUT2D eigenvalue weighted by Gasteiger charge is -2.15. The molecule has 7 nitrogen and oxygen atoms in total. The zero-order valence-corrected chi connectivity index (χ0v) is 11.0. The lowest BCUT2D eigenvalue weighted by molar-refractivity contribution is 0.0828. The van der Waals surface area contributed by atoms with Crippen LogP contribution in [0.15, 0.2) is 18.2 Å². The van der Waals surface area contributed by atoms with Gasteiger partial charge in [0.05, 0.1) is 5.56 Å². The molecule has 0 heterocycles. The van der Waals surface area contributed by atoms with Crippen LogP contribution in [0.5, 0.6) is 0 Å². The van der Waals surface area contributed by atoms with Gasteiger partial charge >= 0.3 is 6.09 Å². The van der Waals surface area contributed by atoms with Crippen LogP contribution in [0.4, 0.5) is 16.2 Å². The van der Waals surface area contributed by atoms with E-state index in [4.69, 9.17) is 11.5 Å². The molecule has 104 valence electrons. The van der Waals surface area contributed by atoms with Crippen LogP contribution in [0.3, 0.4) is 0 Å². The van der Waals surface area contributed by atoms with Crippen LogP contribution in [0.25, 0.3) is 0 Å². The Hall–Kier alpha value is -2.44. The molecule has 0 aromatic heterocycles. The number of anilines is 2. The predicted octanol–water partition coefficient (Wildman–Crippen LogP) is 0.478. The van der Waals surface area contributed by atoms with E-state index in [0.29, 0.717) is 23.5 Å². The number of carbonyl (C=O) groups is 2. The molecule has 0 aliphatic carbocycles. The van der Waals surface area contributed by atoms with Crippen LogP contribution in [0.1, 0.15) is 10.4 Å². The molecule has 1 aromatic carbocycles. The maximum Gasteiger partial charge on any atom is 0.404 e. The molecule has 0 saturated heterocycles. The molecule has 1 rings (SSSR count). The summed E-state index contributed by atoms with van der Waals surface area (Å²) in [5, 5.41) is 2.98. The Morgan fingerprint density at radius 1 is 1.37 bits per heavy atom. The minimum Gasteiger partial charge on any atom is -0.448 e. The molecule has 0 spiro atoms. The fourth-order valence-corrected chi connectivity index (χ4v) is 1.47. The van der Waals surface area contributed by atoms with Crippen molar-refractivity contribution < 1.29 is 14.3 Å². The highest BCUT2D eigenvalue weighted by atomic mass is 16.5. The summed E-state index contributed by atoms with van der Waals surface area (Å²) in [5.41, 5.74) is 12.2. The number of nitrogens with two attached hydrogens (primary N) is 2. The van der Waals surface area contributed by atoms with Gasteiger partial charge in [0, 0.05) is 32.0 Å². The van der Waals surface area contributed by atoms with Crippen LogP contribution < -0.4 is 16.8 Å². The van der Waals surface area contributed by atoms with Crippen molar-refractivity contribution in [3.05, 3.63) is 23.8 Å². The number of nitrogens with zero attached hydrogens (tertiary/aromatic N) is 1. The Labute approximate surface area is 111 Å². The molecule has 0 unspecified atom stereocenters. The number of primary amides is 1. The summed E-state index contributed by atoms with van der Waals surface area (Å²) in [7, 11) is 3.33. The van der Waals surface area contributed by atoms with Gasteiger partial charge in [0.15, 0.2) is 0 Å². The van der Waals surface area contributed by atoms with E-state index in [1.807, 2.05) is 0 Å². The second-order valence-corrected chi connectivity index (χ2v) is 4.10. The molecular weight excluding hydrogens is 248 g/mol. The largest absolute Gasteiger partial charge is 0.448 e. The molecule has 0 aliphatic rings. The van der Waals surface area contributed by atoms with Gasteiger partial charge in [-0.15, -0.1) is 0 Å². The molecule has 5 N–H and O–H groups in total. The van der Waals surface area contributed by atoms with Gasteiger partial charge < -0.3 is 26.4 Å². The Morgan fingerprint density at radius 2 is 2.05 bits per heavy atom. The van der Waals surface area contributed by atoms with Crippen molar-refractivity contribution >= 4 is 23.4 Å². The zero-order chi connectivity index (χ0) is 14.4. The van der Waals surface area contributed by atoms with E-state index in [0.717, 1.165) is 0 Å². The molecular formula is C12H18N4O3. The van der Waals surface area contributed by atoms with E-state index in [2.05, 4.69) is 10.1 Å². The fourth-order valence-electron chi connectivity index (χ4n) is 1.47. The van der Waals surface area contributed by atoms with Crippen LogP contribution in [0, 0.1) is 0 Å². The second-order valence-electron chi connectivity index (χ2n) is 4.10. The minimum absolute atomic E-state index is 0.111. The van der Waals surface area contributed by atoms with Crippen molar-refractivity contribution in [3.8, 4) is 0 Å². The first-order valence-corrected chi connectivity index (χ1v) is 5.69. The monoisotopic (exact) mass is 266 g/mol. The van der Waals surface area contributed by atoms with Crippen molar-refractivity contribution in [2.45, 2.75) is 0 Å². The number of rotatable bonds is 5. The fraction of sp³-hybridized carbons (Fsp3) is 0.333. The molecule has 0 aliphatic heterocycles. The lowest BCUT2D eigenvalue weighted by Crippen LogP contribution is -2.24. The van der Waals surface area contributed by atoms with Gasteiger partial charge in [-0.2, -0.15) is 0 Å². The number of hydrogen-bond acceptors (Lipinski definition) is 5. The van der Waals surface area contributed by atoms with Crippen molar-refractivity contribution in [1.82, 2.24) is 4.90 Å². The number of carbonyl (C=O) groups excluding carboxylic acids is 2. The van der Waals surface area contributed by atoms with Gasteiger partial charge in [-0.1, -0.05) is 0 Å². The number of hydrogen-bond donors (Lipinski definition) is 3. The van der Waals surface area contributed by atoms with E-state index in [1.54, 1.807) is 32.3 Å². The maximum atomic E-state index is 12.0. The maximum absolute atomic E-state index is 12.0. The molecule has 1 aromatic rings. The average molecular weight is 266 g/mol. The SMILES string of the molecule is CN(C)C(=O)c1ccc(N)cc1NCCOC(N)=O. The first-order valence-electron chi connectivity index (χ1n) is 5.69. The zero-order valence-electron chi connectivity index (χ0n) is 11.0. The molecule has 0 bridgehead atoms. The average Bonchev–Trinajstić information content (AvgIpc) is 2.33. The summed E-state index contributed by atoms with van der Waals surface area (Å²) < 4.78 is 4.59. The van der Waals surface area contributed by atoms with Crippen molar-refractivity contribution in [2.24, 2.45) is 5.73 Å². The summed E-state index contributed by atoms with van der Waals surface area (Å²) in [5.74, 6) is -0.140. The van der Waals surface area contributed by atoms with Crippen LogP contribution in [0.2, 0.25) is 0 Å². The van der Waals surface area contributed by atoms with Crippen molar-refractivity contribution in [2.75, 3.05) is 38.3 Å². The van der Waals surface area contributed by atoms with Crippen LogP contribution in [-0.4, -0.2) is 44.1 Å². The van der Waals surface area contributed by atoms with E-state index in [-0.39, 0.29) is 12.5 Å². The van der Waals surface area contributed by atoms with Crippen LogP contribution in [-0.2, 0) is 4.74 Å². The van der Waals surface area contributed by atoms with Gasteiger partial charge in [0.25, 0.3) is 5.91 Å². The van der Waals surface area contributed by atoms with Gasteiger partial charge in [-0.25, -0.2) is 4.79 Å². The number of amides is 2. The second kappa shape index (κ2) is 6.48. The van der Waals surface area contributed by atoms with Crippen LogP contribution >= 0.6 is 0 Å². The lowest BCUT2D eigenvalue weighted by atomic mass is 10.1. The summed E-state index contributed by atoms with van der Waals surface area (Å²) in [4.78, 5) is 23.8. The van der Waals surface area contributed by atoms with Gasteiger partial charge in [-0.05, 0) is 18.2 Å². The Balaban J connectivity index is 2.77. The minimum atomic E-state index is -0.834. The Kier molecular flexibility index (Phi) is 4.99. The highest BCUT2D eigenvalue weighted by Crippen LogP contribution is 2.20. The summed E-state index contributed by atoms with van der Waals surface area (Å²) in [6, 6.07) is 4.96. The number of benzene rings is 1. The highest BCUT2D eigenvalue weighted by Gasteiger charge is 2.13. The van der Waals surface area contributed by atoms with E-state index >= 15 is 0 Å². The topological polar surface area (TPSA) is 111 Å². The Bertz CT molecular complexity index is 474. The quantitative estimate of drug-likeness (QED) is 0.530. The number of nitrogens with one attached hydrogen (secondary N) is 1. The predicted molar refractivity (Wildman–Crippen MR) is 72.9 cm³/mol. The van der Waals surface area contributed by atoms with E-state index < -0.39 is 6.09 Å². The van der Waals surface area contributed by atoms with Gasteiger partial charge in [0.2, 0.25) is 0 Å². The molecule has 0 atom stereocenters. The molecule has 7 heteroatoms. The number of ether oxygens (including phenoxy) is 1. The summed E-state index contributed by atoms with van der Waals surface area (Å²) in [6.45, 7) is 0.444. The third-order valence-electron chi connectivity index (χ3n) is 2.34. The molecule has 0 saturated carbocycles. The first kappa shape index (κ1) is 14.6. The standard InChI is InChI=1S/C12H18N4O3/c1-16(2)11(17)9-4-3-8(13)7-10(9)15-5-6-19-12(14)18/h3-4,7,15H,5-6,13H2,1-2H3,(H2,14,18). The molecule has 2 amide bonds. The molecule has 0 fully saturated rings. The normalized spacial score (nSPS) is 9.79. The first-order chi connectivity index (χ1) is 8.91. The number of nitrogen functional groups attached to an aromatic ring is 1. The third kappa shape index (κ3) is 4.38. The molecule has 19 heavy (non-hydrogen) atoms. The summed E-state index contributed by atoms with van der Waals surface area (Å²) >= 11 is 0. The van der Waals surface area contributed by atoms with E-state index in [1.165, 1.54) is 4.90 Å². The smallest absolute Gasteiger partial charge is 0.404 e. The van der Waals surface area contributed by atoms with Gasteiger partial charge in [-0.3, -0.25) is 4.79 Å². The van der Waals surface area contributed by atoms with Crippen molar-refractivity contribution in [1.29, 1.82) is 0 Å². The van der Waals surface area contributed by atoms with Crippen molar-refractivity contribution in [3.63, 3.8) is 0 Å². The van der Waals surface area contributed by atoms with E-state index in [9.17, 15) is 9.59 Å². The van der Waals surface area contributed by atoms with Gasteiger partial charge in [0.1, 0.15) is 6.61 Å². The molecule has 0 radical (unpaired) electrons. The Morgan fingerprint density at radius 3 is 2.63 bits per heavy atom.